The van der Waals surface area contributed by atoms with Crippen molar-refractivity contribution in [3.63, 3.8) is 0 Å². The standard InChI is InChI=1S/C23H26N4O6/c28-18-4-3-17(19(29)24-18)27-20(30)15-2-1-14(13-16(15)21(27)31)25-9-5-23(6-10-25)7-11-26(12-8-23)22(32)33/h1-2,13,17H,3-12H2,(H,32,33)(H,24,28,29). The second-order valence-corrected chi connectivity index (χ2v) is 9.43. The van der Waals surface area contributed by atoms with Gasteiger partial charge in [-0.2, -0.15) is 0 Å². The second kappa shape index (κ2) is 7.86. The third-order valence-electron chi connectivity index (χ3n) is 7.71. The number of hydrogen-bond donors (Lipinski definition) is 2. The molecule has 5 rings (SSSR count). The van der Waals surface area contributed by atoms with Crippen LogP contribution in [0.2, 0.25) is 0 Å². The van der Waals surface area contributed by atoms with Crippen molar-refractivity contribution in [2.75, 3.05) is 31.1 Å². The van der Waals surface area contributed by atoms with Gasteiger partial charge in [0.25, 0.3) is 11.8 Å². The van der Waals surface area contributed by atoms with Crippen LogP contribution in [-0.4, -0.2) is 76.8 Å². The van der Waals surface area contributed by atoms with E-state index >= 15 is 0 Å². The number of fused-ring (bicyclic) bond motifs is 1. The van der Waals surface area contributed by atoms with Crippen LogP contribution in [0.15, 0.2) is 18.2 Å². The minimum Gasteiger partial charge on any atom is -0.465 e. The molecule has 0 bridgehead atoms. The maximum absolute atomic E-state index is 13.1. The molecule has 4 aliphatic rings. The quantitative estimate of drug-likeness (QED) is 0.648. The Kier molecular flexibility index (Phi) is 5.10. The van der Waals surface area contributed by atoms with Gasteiger partial charge in [-0.1, -0.05) is 0 Å². The Hall–Kier alpha value is -3.43. The zero-order chi connectivity index (χ0) is 23.3. The first-order valence-electron chi connectivity index (χ1n) is 11.4. The Morgan fingerprint density at radius 3 is 2.21 bits per heavy atom. The summed E-state index contributed by atoms with van der Waals surface area (Å²) in [4.78, 5) is 65.5. The summed E-state index contributed by atoms with van der Waals surface area (Å²) >= 11 is 0. The zero-order valence-electron chi connectivity index (χ0n) is 18.2. The summed E-state index contributed by atoms with van der Waals surface area (Å²) in [5.74, 6) is -2.01. The van der Waals surface area contributed by atoms with Crippen molar-refractivity contribution >= 4 is 35.4 Å². The van der Waals surface area contributed by atoms with Crippen molar-refractivity contribution in [1.29, 1.82) is 0 Å². The number of likely N-dealkylation sites (tertiary alicyclic amines) is 1. The van der Waals surface area contributed by atoms with E-state index in [0.717, 1.165) is 49.4 Å². The molecule has 4 heterocycles. The number of carboxylic acid groups (broad SMARTS) is 1. The van der Waals surface area contributed by atoms with Crippen molar-refractivity contribution in [3.8, 4) is 0 Å². The number of rotatable bonds is 2. The molecule has 1 unspecified atom stereocenters. The van der Waals surface area contributed by atoms with Crippen LogP contribution in [0.3, 0.4) is 0 Å². The smallest absolute Gasteiger partial charge is 0.407 e. The van der Waals surface area contributed by atoms with Gasteiger partial charge >= 0.3 is 6.09 Å². The van der Waals surface area contributed by atoms with Crippen LogP contribution >= 0.6 is 0 Å². The van der Waals surface area contributed by atoms with Crippen molar-refractivity contribution in [1.82, 2.24) is 15.1 Å². The van der Waals surface area contributed by atoms with Gasteiger partial charge in [0.2, 0.25) is 11.8 Å². The lowest BCUT2D eigenvalue weighted by Gasteiger charge is -2.47. The van der Waals surface area contributed by atoms with Crippen LogP contribution in [0.1, 0.15) is 59.2 Å². The number of carbonyl (C=O) groups is 5. The number of imide groups is 2. The van der Waals surface area contributed by atoms with Gasteiger partial charge in [0.05, 0.1) is 11.1 Å². The lowest BCUT2D eigenvalue weighted by molar-refractivity contribution is -0.136. The van der Waals surface area contributed by atoms with Gasteiger partial charge in [-0.3, -0.25) is 29.4 Å². The number of nitrogens with zero attached hydrogens (tertiary/aromatic N) is 3. The van der Waals surface area contributed by atoms with E-state index in [-0.39, 0.29) is 29.4 Å². The number of piperidine rings is 3. The first-order valence-corrected chi connectivity index (χ1v) is 11.4. The van der Waals surface area contributed by atoms with Gasteiger partial charge in [-0.15, -0.1) is 0 Å². The van der Waals surface area contributed by atoms with Crippen molar-refractivity contribution in [2.24, 2.45) is 5.41 Å². The van der Waals surface area contributed by atoms with Crippen molar-refractivity contribution < 1.29 is 29.1 Å². The maximum Gasteiger partial charge on any atom is 0.407 e. The average molecular weight is 454 g/mol. The topological polar surface area (TPSA) is 127 Å². The molecule has 33 heavy (non-hydrogen) atoms. The molecule has 10 nitrogen and oxygen atoms in total. The Balaban J connectivity index is 1.28. The third-order valence-corrected chi connectivity index (χ3v) is 7.71. The fourth-order valence-electron chi connectivity index (χ4n) is 5.57. The Bertz CT molecular complexity index is 1050. The highest BCUT2D eigenvalue weighted by Gasteiger charge is 2.45. The van der Waals surface area contributed by atoms with Gasteiger partial charge in [-0.05, 0) is 55.7 Å². The molecule has 1 aromatic carbocycles. The van der Waals surface area contributed by atoms with Crippen LogP contribution in [-0.2, 0) is 9.59 Å². The summed E-state index contributed by atoms with van der Waals surface area (Å²) in [5, 5.41) is 11.4. The number of benzene rings is 1. The molecule has 1 aromatic rings. The fourth-order valence-corrected chi connectivity index (χ4v) is 5.57. The van der Waals surface area contributed by atoms with E-state index in [1.54, 1.807) is 12.1 Å². The van der Waals surface area contributed by atoms with Crippen LogP contribution in [0.25, 0.3) is 0 Å². The molecule has 174 valence electrons. The molecule has 10 heteroatoms. The SMILES string of the molecule is O=C1CCC(N2C(=O)c3ccc(N4CCC5(CCN(C(=O)O)CC5)CC4)cc3C2=O)C(=O)N1. The van der Waals surface area contributed by atoms with Gasteiger partial charge in [0.1, 0.15) is 6.04 Å². The van der Waals surface area contributed by atoms with E-state index in [9.17, 15) is 29.1 Å². The number of carbonyl (C=O) groups excluding carboxylic acids is 4. The average Bonchev–Trinajstić information content (AvgIpc) is 3.04. The van der Waals surface area contributed by atoms with Crippen molar-refractivity contribution in [3.05, 3.63) is 29.3 Å². The summed E-state index contributed by atoms with van der Waals surface area (Å²) in [6.07, 6.45) is 3.01. The summed E-state index contributed by atoms with van der Waals surface area (Å²) < 4.78 is 0. The Morgan fingerprint density at radius 1 is 0.939 bits per heavy atom. The van der Waals surface area contributed by atoms with E-state index in [1.165, 1.54) is 4.90 Å². The number of amides is 5. The molecule has 3 fully saturated rings. The van der Waals surface area contributed by atoms with Gasteiger partial charge < -0.3 is 14.9 Å². The molecule has 1 atom stereocenters. The van der Waals surface area contributed by atoms with Crippen LogP contribution in [0.5, 0.6) is 0 Å². The summed E-state index contributed by atoms with van der Waals surface area (Å²) in [6.45, 7) is 2.73. The number of anilines is 1. The molecule has 5 amide bonds. The monoisotopic (exact) mass is 454 g/mol. The van der Waals surface area contributed by atoms with E-state index in [4.69, 9.17) is 0 Å². The van der Waals surface area contributed by atoms with E-state index in [1.807, 2.05) is 6.07 Å². The largest absolute Gasteiger partial charge is 0.465 e. The molecule has 3 saturated heterocycles. The lowest BCUT2D eigenvalue weighted by atomic mass is 9.71. The normalized spacial score (nSPS) is 24.8. The molecule has 0 aliphatic carbocycles. The van der Waals surface area contributed by atoms with Crippen LogP contribution in [0.4, 0.5) is 10.5 Å². The molecule has 4 aliphatic heterocycles. The van der Waals surface area contributed by atoms with Crippen molar-refractivity contribution in [2.45, 2.75) is 44.6 Å². The van der Waals surface area contributed by atoms with E-state index < -0.39 is 35.8 Å². The first kappa shape index (κ1) is 21.4. The van der Waals surface area contributed by atoms with Crippen LogP contribution < -0.4 is 10.2 Å². The number of hydrogen-bond acceptors (Lipinski definition) is 6. The minimum absolute atomic E-state index is 0.0921. The Labute approximate surface area is 190 Å². The van der Waals surface area contributed by atoms with Gasteiger partial charge in [-0.25, -0.2) is 4.79 Å². The molecular weight excluding hydrogens is 428 g/mol. The highest BCUT2D eigenvalue weighted by Crippen LogP contribution is 2.42. The molecule has 2 N–H and O–H groups in total. The molecule has 0 aromatic heterocycles. The zero-order valence-corrected chi connectivity index (χ0v) is 18.2. The van der Waals surface area contributed by atoms with E-state index in [2.05, 4.69) is 10.2 Å². The maximum atomic E-state index is 13.1. The molecular formula is C23H26N4O6. The predicted octanol–water partition coefficient (Wildman–Crippen LogP) is 1.45. The highest BCUT2D eigenvalue weighted by molar-refractivity contribution is 6.23. The van der Waals surface area contributed by atoms with Gasteiger partial charge in [0, 0.05) is 38.3 Å². The van der Waals surface area contributed by atoms with Crippen LogP contribution in [0, 0.1) is 5.41 Å². The van der Waals surface area contributed by atoms with E-state index in [0.29, 0.717) is 13.1 Å². The number of nitrogens with one attached hydrogen (secondary N) is 1. The highest BCUT2D eigenvalue weighted by atomic mass is 16.4. The first-order chi connectivity index (χ1) is 15.8. The Morgan fingerprint density at radius 2 is 1.58 bits per heavy atom. The molecule has 1 spiro atoms. The summed E-state index contributed by atoms with van der Waals surface area (Å²) in [5.41, 5.74) is 1.59. The summed E-state index contributed by atoms with van der Waals surface area (Å²) in [7, 11) is 0. The summed E-state index contributed by atoms with van der Waals surface area (Å²) in [6, 6.07) is 4.24. The molecule has 0 radical (unpaired) electrons. The fraction of sp³-hybridized carbons (Fsp3) is 0.522. The third kappa shape index (κ3) is 3.63. The van der Waals surface area contributed by atoms with Gasteiger partial charge in [0.15, 0.2) is 0 Å². The predicted molar refractivity (Wildman–Crippen MR) is 116 cm³/mol. The lowest BCUT2D eigenvalue weighted by Crippen LogP contribution is -2.54. The molecule has 0 saturated carbocycles. The second-order valence-electron chi connectivity index (χ2n) is 9.43. The minimum atomic E-state index is -0.968.